The lowest BCUT2D eigenvalue weighted by atomic mass is 10.1. The number of fused-ring (bicyclic) bond motifs is 1. The van der Waals surface area contributed by atoms with Crippen LogP contribution >= 0.6 is 7.82 Å². The fourth-order valence-corrected chi connectivity index (χ4v) is 2.78. The van der Waals surface area contributed by atoms with Gasteiger partial charge in [0.2, 0.25) is 5.85 Å². The predicted octanol–water partition coefficient (Wildman–Crippen LogP) is -3.08. The number of phosphoric ester groups is 1. The molecule has 0 radical (unpaired) electrons. The van der Waals surface area contributed by atoms with E-state index in [1.54, 1.807) is 0 Å². The average molecular weight is 363 g/mol. The number of nitrogens with one attached hydrogen (secondary N) is 1. The maximum atomic E-state index is 11.7. The van der Waals surface area contributed by atoms with Crippen LogP contribution in [0.2, 0.25) is 0 Å². The van der Waals surface area contributed by atoms with E-state index in [4.69, 9.17) is 20.3 Å². The zero-order valence-electron chi connectivity index (χ0n) is 11.9. The average Bonchev–Trinajstić information content (AvgIpc) is 3.02. The van der Waals surface area contributed by atoms with E-state index >= 15 is 0 Å². The summed E-state index contributed by atoms with van der Waals surface area (Å²) in [4.78, 5) is 39.1. The summed E-state index contributed by atoms with van der Waals surface area (Å²) in [5, 5.41) is 20.2. The molecule has 4 atom stereocenters. The number of aliphatic hydroxyl groups excluding tert-OH is 2. The zero-order valence-corrected chi connectivity index (χ0v) is 12.8. The lowest BCUT2D eigenvalue weighted by Gasteiger charge is -2.28. The molecule has 3 rings (SSSR count). The molecule has 0 saturated carbocycles. The van der Waals surface area contributed by atoms with Crippen LogP contribution in [-0.2, 0) is 19.7 Å². The van der Waals surface area contributed by atoms with Gasteiger partial charge in [0, 0.05) is 0 Å². The quantitative estimate of drug-likeness (QED) is 0.300. The number of hydrogen-bond acceptors (Lipinski definition) is 9. The first-order valence-corrected chi connectivity index (χ1v) is 8.10. The lowest BCUT2D eigenvalue weighted by Crippen LogP contribution is -2.52. The highest BCUT2D eigenvalue weighted by atomic mass is 31.2. The van der Waals surface area contributed by atoms with Gasteiger partial charge in [-0.1, -0.05) is 0 Å². The minimum absolute atomic E-state index is 0.0101. The molecule has 1 aliphatic rings. The van der Waals surface area contributed by atoms with Gasteiger partial charge in [0.25, 0.3) is 5.56 Å². The van der Waals surface area contributed by atoms with Gasteiger partial charge < -0.3 is 29.7 Å². The normalized spacial score (nSPS) is 31.0. The third-order valence-corrected chi connectivity index (χ3v) is 4.08. The van der Waals surface area contributed by atoms with Crippen molar-refractivity contribution in [2.24, 2.45) is 5.73 Å². The standard InChI is InChI=1S/C10H14N5O8P/c11-10(15-3-14-5-8(15)12-2-13-9(5)18)7(17)6(16)4(23-10)1-22-24(19,20)21/h2-4,6-7,16-17H,1,11H2,(H,12,13,18)(H2,19,20,21)/t4-,6-,7-,10+/m1/s1. The van der Waals surface area contributed by atoms with E-state index in [2.05, 4.69) is 19.5 Å². The molecule has 0 spiro atoms. The number of aliphatic hydroxyl groups is 2. The molecule has 0 aromatic carbocycles. The summed E-state index contributed by atoms with van der Waals surface area (Å²) in [6.45, 7) is -0.720. The van der Waals surface area contributed by atoms with Gasteiger partial charge in [-0.3, -0.25) is 19.6 Å². The van der Waals surface area contributed by atoms with Crippen LogP contribution in [0.4, 0.5) is 0 Å². The third-order valence-electron chi connectivity index (χ3n) is 3.59. The summed E-state index contributed by atoms with van der Waals surface area (Å²) in [7, 11) is -4.80. The molecular weight excluding hydrogens is 349 g/mol. The van der Waals surface area contributed by atoms with Crippen LogP contribution in [0.15, 0.2) is 17.4 Å². The number of nitrogens with zero attached hydrogens (tertiary/aromatic N) is 3. The Hall–Kier alpha value is -1.70. The van der Waals surface area contributed by atoms with Crippen LogP contribution in [-0.4, -0.2) is 64.4 Å². The second kappa shape index (κ2) is 5.68. The van der Waals surface area contributed by atoms with Crippen molar-refractivity contribution < 1.29 is 33.8 Å². The number of imidazole rings is 1. The summed E-state index contributed by atoms with van der Waals surface area (Å²) < 4.78 is 21.4. The largest absolute Gasteiger partial charge is 0.469 e. The van der Waals surface area contributed by atoms with Crippen molar-refractivity contribution in [3.63, 3.8) is 0 Å². The highest BCUT2D eigenvalue weighted by Crippen LogP contribution is 2.39. The molecule has 0 amide bonds. The zero-order chi connectivity index (χ0) is 17.7. The van der Waals surface area contributed by atoms with Gasteiger partial charge in [-0.05, 0) is 0 Å². The second-order valence-corrected chi connectivity index (χ2v) is 6.39. The van der Waals surface area contributed by atoms with Crippen molar-refractivity contribution >= 4 is 19.0 Å². The van der Waals surface area contributed by atoms with Gasteiger partial charge in [0.15, 0.2) is 11.2 Å². The summed E-state index contributed by atoms with van der Waals surface area (Å²) in [5.74, 6) is -2.07. The van der Waals surface area contributed by atoms with Crippen LogP contribution in [0.25, 0.3) is 11.2 Å². The summed E-state index contributed by atoms with van der Waals surface area (Å²) in [5.41, 5.74) is 5.37. The molecule has 3 heterocycles. The van der Waals surface area contributed by atoms with E-state index in [-0.39, 0.29) is 11.2 Å². The minimum atomic E-state index is -4.80. The van der Waals surface area contributed by atoms with Gasteiger partial charge in [-0.25, -0.2) is 14.5 Å². The van der Waals surface area contributed by atoms with Crippen molar-refractivity contribution in [3.05, 3.63) is 23.0 Å². The van der Waals surface area contributed by atoms with E-state index in [9.17, 15) is 19.6 Å². The maximum Gasteiger partial charge on any atom is 0.469 e. The molecule has 2 aromatic rings. The van der Waals surface area contributed by atoms with E-state index in [1.165, 1.54) is 0 Å². The highest BCUT2D eigenvalue weighted by molar-refractivity contribution is 7.46. The molecule has 7 N–H and O–H groups in total. The van der Waals surface area contributed by atoms with Gasteiger partial charge >= 0.3 is 7.82 Å². The number of aromatic amines is 1. The summed E-state index contributed by atoms with van der Waals surface area (Å²) in [6, 6.07) is 0. The smallest absolute Gasteiger partial charge is 0.387 e. The Labute approximate surface area is 132 Å². The molecule has 14 heteroatoms. The first kappa shape index (κ1) is 17.1. The van der Waals surface area contributed by atoms with Crippen molar-refractivity contribution in [1.82, 2.24) is 19.5 Å². The first-order valence-electron chi connectivity index (χ1n) is 6.57. The lowest BCUT2D eigenvalue weighted by molar-refractivity contribution is -0.140. The molecule has 2 aromatic heterocycles. The van der Waals surface area contributed by atoms with Crippen LogP contribution < -0.4 is 11.3 Å². The van der Waals surface area contributed by atoms with Crippen molar-refractivity contribution in [2.75, 3.05) is 6.61 Å². The SMILES string of the molecule is N[C@@]1(n2cnc3c(=O)[nH]cnc32)O[C@H](COP(=O)(O)O)[C@@H](O)[C@H]1O. The number of H-pyrrole nitrogens is 1. The molecule has 1 fully saturated rings. The Morgan fingerprint density at radius 3 is 2.83 bits per heavy atom. The predicted molar refractivity (Wildman–Crippen MR) is 75.2 cm³/mol. The number of aromatic nitrogens is 4. The Bertz CT molecular complexity index is 862. The number of rotatable bonds is 4. The van der Waals surface area contributed by atoms with Crippen LogP contribution in [0.1, 0.15) is 0 Å². The summed E-state index contributed by atoms with van der Waals surface area (Å²) in [6.07, 6.45) is -2.47. The fraction of sp³-hybridized carbons (Fsp3) is 0.500. The molecule has 0 unspecified atom stereocenters. The third kappa shape index (κ3) is 2.76. The maximum absolute atomic E-state index is 11.7. The van der Waals surface area contributed by atoms with Gasteiger partial charge in [0.1, 0.15) is 24.6 Å². The van der Waals surface area contributed by atoms with Gasteiger partial charge in [-0.15, -0.1) is 0 Å². The van der Waals surface area contributed by atoms with Crippen molar-refractivity contribution in [3.8, 4) is 0 Å². The Balaban J connectivity index is 1.95. The van der Waals surface area contributed by atoms with E-state index in [0.29, 0.717) is 0 Å². The van der Waals surface area contributed by atoms with Crippen LogP contribution in [0.5, 0.6) is 0 Å². The molecule has 13 nitrogen and oxygen atoms in total. The Morgan fingerprint density at radius 2 is 2.17 bits per heavy atom. The van der Waals surface area contributed by atoms with Crippen LogP contribution in [0.3, 0.4) is 0 Å². The van der Waals surface area contributed by atoms with E-state index < -0.39 is 44.1 Å². The number of hydrogen-bond donors (Lipinski definition) is 6. The highest BCUT2D eigenvalue weighted by Gasteiger charge is 2.54. The van der Waals surface area contributed by atoms with E-state index in [0.717, 1.165) is 17.2 Å². The molecule has 24 heavy (non-hydrogen) atoms. The molecule has 1 saturated heterocycles. The topological polar surface area (TPSA) is 206 Å². The summed E-state index contributed by atoms with van der Waals surface area (Å²) >= 11 is 0. The molecule has 0 bridgehead atoms. The molecule has 132 valence electrons. The number of phosphoric acid groups is 1. The van der Waals surface area contributed by atoms with Crippen LogP contribution in [0, 0.1) is 0 Å². The number of ether oxygens (including phenoxy) is 1. The molecule has 0 aliphatic carbocycles. The molecule has 1 aliphatic heterocycles. The first-order chi connectivity index (χ1) is 11.1. The van der Waals surface area contributed by atoms with Crippen molar-refractivity contribution in [2.45, 2.75) is 24.2 Å². The van der Waals surface area contributed by atoms with Gasteiger partial charge in [-0.2, -0.15) is 0 Å². The van der Waals surface area contributed by atoms with Gasteiger partial charge in [0.05, 0.1) is 12.9 Å². The van der Waals surface area contributed by atoms with Crippen molar-refractivity contribution in [1.29, 1.82) is 0 Å². The minimum Gasteiger partial charge on any atom is -0.387 e. The molecular formula is C10H14N5O8P. The Morgan fingerprint density at radius 1 is 1.46 bits per heavy atom. The monoisotopic (exact) mass is 363 g/mol. The second-order valence-electron chi connectivity index (χ2n) is 5.15. The Kier molecular flexibility index (Phi) is 4.06. The van der Waals surface area contributed by atoms with E-state index in [1.807, 2.05) is 0 Å². The fourth-order valence-electron chi connectivity index (χ4n) is 2.43. The number of nitrogens with two attached hydrogens (primary N) is 1.